The summed E-state index contributed by atoms with van der Waals surface area (Å²) in [5.74, 6) is 7.05. The molecule has 0 saturated carbocycles. The highest BCUT2D eigenvalue weighted by Gasteiger charge is 2.15. The van der Waals surface area contributed by atoms with E-state index in [1.54, 1.807) is 0 Å². The molecule has 2 nitrogen and oxygen atoms in total. The van der Waals surface area contributed by atoms with Gasteiger partial charge in [-0.05, 0) is 50.2 Å². The van der Waals surface area contributed by atoms with Crippen LogP contribution in [-0.4, -0.2) is 5.60 Å². The molecule has 0 atom stereocenters. The highest BCUT2D eigenvalue weighted by Crippen LogP contribution is 2.17. The van der Waals surface area contributed by atoms with E-state index in [0.29, 0.717) is 0 Å². The second kappa shape index (κ2) is 5.49. The first kappa shape index (κ1) is 13.0. The minimum absolute atomic E-state index is 0.539. The summed E-state index contributed by atoms with van der Waals surface area (Å²) in [7, 11) is 0. The Bertz CT molecular complexity index is 589. The van der Waals surface area contributed by atoms with Crippen LogP contribution in [0.25, 0.3) is 0 Å². The zero-order valence-electron chi connectivity index (χ0n) is 11.2. The second-order valence-electron chi connectivity index (χ2n) is 4.80. The van der Waals surface area contributed by atoms with Gasteiger partial charge in [0.15, 0.2) is 5.60 Å². The third-order valence-electron chi connectivity index (χ3n) is 2.53. The van der Waals surface area contributed by atoms with Crippen LogP contribution in [0.5, 0.6) is 5.75 Å². The lowest BCUT2D eigenvalue weighted by atomic mass is 10.1. The Morgan fingerprint density at radius 1 is 0.947 bits per heavy atom. The van der Waals surface area contributed by atoms with Crippen LogP contribution in [0.4, 0.5) is 5.69 Å². The van der Waals surface area contributed by atoms with Crippen molar-refractivity contribution in [2.75, 3.05) is 5.73 Å². The first-order chi connectivity index (χ1) is 9.05. The zero-order chi connectivity index (χ0) is 13.7. The van der Waals surface area contributed by atoms with Crippen molar-refractivity contribution in [1.82, 2.24) is 0 Å². The van der Waals surface area contributed by atoms with Gasteiger partial charge in [-0.1, -0.05) is 30.0 Å². The van der Waals surface area contributed by atoms with Gasteiger partial charge in [-0.15, -0.1) is 0 Å². The highest BCUT2D eigenvalue weighted by molar-refractivity contribution is 5.45. The lowest BCUT2D eigenvalue weighted by Gasteiger charge is -2.20. The maximum Gasteiger partial charge on any atom is 0.164 e. The van der Waals surface area contributed by atoms with Crippen molar-refractivity contribution in [3.8, 4) is 17.6 Å². The van der Waals surface area contributed by atoms with Gasteiger partial charge in [-0.25, -0.2) is 0 Å². The summed E-state index contributed by atoms with van der Waals surface area (Å²) in [5.41, 5.74) is 6.77. The number of rotatable bonds is 2. The Hall–Kier alpha value is -2.40. The molecule has 2 aromatic carbocycles. The van der Waals surface area contributed by atoms with Gasteiger partial charge in [0.2, 0.25) is 0 Å². The summed E-state index contributed by atoms with van der Waals surface area (Å²) in [6.45, 7) is 3.90. The Balaban J connectivity index is 2.11. The molecule has 0 amide bonds. The van der Waals surface area contributed by atoms with E-state index in [1.165, 1.54) is 0 Å². The van der Waals surface area contributed by atoms with Crippen molar-refractivity contribution in [3.63, 3.8) is 0 Å². The third-order valence-corrected chi connectivity index (χ3v) is 2.53. The molecule has 0 aliphatic heterocycles. The molecule has 0 fully saturated rings. The molecule has 0 heterocycles. The summed E-state index contributed by atoms with van der Waals surface area (Å²) in [4.78, 5) is 0. The Labute approximate surface area is 114 Å². The molecule has 96 valence electrons. The Morgan fingerprint density at radius 3 is 2.21 bits per heavy atom. The van der Waals surface area contributed by atoms with E-state index >= 15 is 0 Å². The number of ether oxygens (including phenoxy) is 1. The maximum atomic E-state index is 5.85. The summed E-state index contributed by atoms with van der Waals surface area (Å²) in [5, 5.41) is 0. The fourth-order valence-corrected chi connectivity index (χ4v) is 1.60. The maximum absolute atomic E-state index is 5.85. The average molecular weight is 251 g/mol. The van der Waals surface area contributed by atoms with Crippen LogP contribution in [0.3, 0.4) is 0 Å². The number of nitrogen functional groups attached to an aromatic ring is 1. The van der Waals surface area contributed by atoms with Crippen molar-refractivity contribution >= 4 is 5.69 Å². The summed E-state index contributed by atoms with van der Waals surface area (Å²) in [6.07, 6.45) is 0. The fourth-order valence-electron chi connectivity index (χ4n) is 1.60. The number of hydrogen-bond acceptors (Lipinski definition) is 2. The lowest BCUT2D eigenvalue weighted by Crippen LogP contribution is -2.25. The van der Waals surface area contributed by atoms with Crippen molar-refractivity contribution in [3.05, 3.63) is 60.2 Å². The number of para-hydroxylation sites is 1. The number of anilines is 1. The van der Waals surface area contributed by atoms with Crippen LogP contribution >= 0.6 is 0 Å². The van der Waals surface area contributed by atoms with Crippen molar-refractivity contribution in [2.45, 2.75) is 19.4 Å². The monoisotopic (exact) mass is 251 g/mol. The minimum atomic E-state index is -0.539. The van der Waals surface area contributed by atoms with Crippen LogP contribution in [0.15, 0.2) is 54.6 Å². The molecule has 0 bridgehead atoms. The SMILES string of the molecule is CC(C)(C#Cc1ccc(N)cc1)Oc1ccccc1. The van der Waals surface area contributed by atoms with E-state index in [2.05, 4.69) is 11.8 Å². The van der Waals surface area contributed by atoms with Gasteiger partial charge in [0.05, 0.1) is 0 Å². The Kier molecular flexibility index (Phi) is 3.77. The van der Waals surface area contributed by atoms with Crippen molar-refractivity contribution in [1.29, 1.82) is 0 Å². The topological polar surface area (TPSA) is 35.2 Å². The fraction of sp³-hybridized carbons (Fsp3) is 0.176. The molecule has 0 spiro atoms. The van der Waals surface area contributed by atoms with E-state index in [0.717, 1.165) is 17.0 Å². The smallest absolute Gasteiger partial charge is 0.164 e. The molecule has 2 aromatic rings. The van der Waals surface area contributed by atoms with Crippen molar-refractivity contribution < 1.29 is 4.74 Å². The first-order valence-electron chi connectivity index (χ1n) is 6.18. The zero-order valence-corrected chi connectivity index (χ0v) is 11.2. The number of hydrogen-bond donors (Lipinski definition) is 1. The summed E-state index contributed by atoms with van der Waals surface area (Å²) in [6, 6.07) is 17.2. The Morgan fingerprint density at radius 2 is 1.58 bits per heavy atom. The predicted octanol–water partition coefficient (Wildman–Crippen LogP) is 3.48. The number of benzene rings is 2. The van der Waals surface area contributed by atoms with E-state index in [-0.39, 0.29) is 0 Å². The molecular weight excluding hydrogens is 234 g/mol. The van der Waals surface area contributed by atoms with Crippen LogP contribution in [0.1, 0.15) is 19.4 Å². The van der Waals surface area contributed by atoms with Gasteiger partial charge in [0.1, 0.15) is 5.75 Å². The first-order valence-corrected chi connectivity index (χ1v) is 6.18. The van der Waals surface area contributed by atoms with Gasteiger partial charge in [-0.2, -0.15) is 0 Å². The molecule has 0 radical (unpaired) electrons. The summed E-state index contributed by atoms with van der Waals surface area (Å²) >= 11 is 0. The predicted molar refractivity (Wildman–Crippen MR) is 78.9 cm³/mol. The highest BCUT2D eigenvalue weighted by atomic mass is 16.5. The van der Waals surface area contributed by atoms with E-state index < -0.39 is 5.60 Å². The molecule has 2 N–H and O–H groups in total. The van der Waals surface area contributed by atoms with Crippen LogP contribution in [-0.2, 0) is 0 Å². The molecule has 0 aromatic heterocycles. The van der Waals surface area contributed by atoms with E-state index in [9.17, 15) is 0 Å². The molecule has 0 saturated heterocycles. The molecule has 0 unspecified atom stereocenters. The van der Waals surface area contributed by atoms with Crippen LogP contribution in [0.2, 0.25) is 0 Å². The van der Waals surface area contributed by atoms with E-state index in [1.807, 2.05) is 68.4 Å². The summed E-state index contributed by atoms with van der Waals surface area (Å²) < 4.78 is 5.85. The second-order valence-corrected chi connectivity index (χ2v) is 4.80. The largest absolute Gasteiger partial charge is 0.475 e. The molecule has 2 heteroatoms. The lowest BCUT2D eigenvalue weighted by molar-refractivity contribution is 0.172. The standard InChI is InChI=1S/C17H17NO/c1-17(2,19-16-6-4-3-5-7-16)13-12-14-8-10-15(18)11-9-14/h3-11H,18H2,1-2H3. The number of nitrogens with two attached hydrogens (primary N) is 1. The molecular formula is C17H17NO. The minimum Gasteiger partial charge on any atom is -0.475 e. The van der Waals surface area contributed by atoms with Crippen LogP contribution in [0, 0.1) is 11.8 Å². The van der Waals surface area contributed by atoms with Gasteiger partial charge in [-0.3, -0.25) is 0 Å². The van der Waals surface area contributed by atoms with Gasteiger partial charge in [0, 0.05) is 11.3 Å². The van der Waals surface area contributed by atoms with Gasteiger partial charge < -0.3 is 10.5 Å². The third kappa shape index (κ3) is 4.08. The van der Waals surface area contributed by atoms with Crippen LogP contribution < -0.4 is 10.5 Å². The van der Waals surface area contributed by atoms with Crippen molar-refractivity contribution in [2.24, 2.45) is 0 Å². The van der Waals surface area contributed by atoms with Gasteiger partial charge in [0.25, 0.3) is 0 Å². The molecule has 19 heavy (non-hydrogen) atoms. The quantitative estimate of drug-likeness (QED) is 0.655. The normalized spacial score (nSPS) is 10.4. The van der Waals surface area contributed by atoms with E-state index in [4.69, 9.17) is 10.5 Å². The van der Waals surface area contributed by atoms with Gasteiger partial charge >= 0.3 is 0 Å². The molecule has 2 rings (SSSR count). The average Bonchev–Trinajstić information content (AvgIpc) is 2.39. The molecule has 0 aliphatic carbocycles. The molecule has 0 aliphatic rings.